The summed E-state index contributed by atoms with van der Waals surface area (Å²) in [6.07, 6.45) is 2.36. The molecule has 156 valence electrons. The second-order valence-electron chi connectivity index (χ2n) is 7.33. The number of hydrogen-bond acceptors (Lipinski definition) is 2. The molecule has 0 saturated carbocycles. The summed E-state index contributed by atoms with van der Waals surface area (Å²) in [5.74, 6) is 0.682. The SMILES string of the molecule is CCc1cccc(CC)c1NC(N)=NCC1CC(=O)N(C)C1c1ccccc1.I. The number of hydrogen-bond donors (Lipinski definition) is 2. The Labute approximate surface area is 190 Å². The number of para-hydroxylation sites is 1. The first-order valence-electron chi connectivity index (χ1n) is 10.0. The van der Waals surface area contributed by atoms with Crippen LogP contribution in [0.15, 0.2) is 53.5 Å². The Morgan fingerprint density at radius 3 is 2.31 bits per heavy atom. The summed E-state index contributed by atoms with van der Waals surface area (Å²) in [7, 11) is 1.87. The van der Waals surface area contributed by atoms with Crippen molar-refractivity contribution in [3.05, 3.63) is 65.2 Å². The molecule has 0 spiro atoms. The summed E-state index contributed by atoms with van der Waals surface area (Å²) < 4.78 is 0. The first-order chi connectivity index (χ1) is 13.5. The number of carbonyl (C=O) groups excluding carboxylic acids is 1. The molecule has 5 nitrogen and oxygen atoms in total. The van der Waals surface area contributed by atoms with Crippen LogP contribution in [0.3, 0.4) is 0 Å². The molecule has 0 bridgehead atoms. The lowest BCUT2D eigenvalue weighted by atomic mass is 9.94. The molecule has 1 aliphatic rings. The zero-order valence-corrected chi connectivity index (χ0v) is 19.7. The van der Waals surface area contributed by atoms with Crippen LogP contribution in [0.25, 0.3) is 0 Å². The van der Waals surface area contributed by atoms with E-state index in [1.807, 2.05) is 30.1 Å². The number of benzene rings is 2. The van der Waals surface area contributed by atoms with Gasteiger partial charge in [0.25, 0.3) is 0 Å². The highest BCUT2D eigenvalue weighted by Crippen LogP contribution is 2.37. The maximum Gasteiger partial charge on any atom is 0.223 e. The van der Waals surface area contributed by atoms with Gasteiger partial charge in [-0.15, -0.1) is 24.0 Å². The smallest absolute Gasteiger partial charge is 0.223 e. The number of aryl methyl sites for hydroxylation is 2. The molecule has 6 heteroatoms. The highest BCUT2D eigenvalue weighted by Gasteiger charge is 2.38. The minimum Gasteiger partial charge on any atom is -0.370 e. The summed E-state index contributed by atoms with van der Waals surface area (Å²) in [5, 5.41) is 3.31. The van der Waals surface area contributed by atoms with E-state index < -0.39 is 0 Å². The van der Waals surface area contributed by atoms with Crippen molar-refractivity contribution >= 4 is 41.5 Å². The Morgan fingerprint density at radius 1 is 1.10 bits per heavy atom. The zero-order chi connectivity index (χ0) is 20.1. The zero-order valence-electron chi connectivity index (χ0n) is 17.4. The second kappa shape index (κ2) is 10.6. The predicted octanol–water partition coefficient (Wildman–Crippen LogP) is 4.38. The van der Waals surface area contributed by atoms with Crippen LogP contribution in [0, 0.1) is 5.92 Å². The van der Waals surface area contributed by atoms with Crippen molar-refractivity contribution in [2.24, 2.45) is 16.6 Å². The quantitative estimate of drug-likeness (QED) is 0.347. The number of nitrogens with two attached hydrogens (primary N) is 1. The minimum absolute atomic E-state index is 0. The molecule has 2 unspecified atom stereocenters. The molecule has 0 aliphatic carbocycles. The van der Waals surface area contributed by atoms with E-state index in [1.165, 1.54) is 11.1 Å². The lowest BCUT2D eigenvalue weighted by Gasteiger charge is -2.24. The maximum absolute atomic E-state index is 12.3. The van der Waals surface area contributed by atoms with Crippen LogP contribution in [-0.2, 0) is 17.6 Å². The van der Waals surface area contributed by atoms with Crippen molar-refractivity contribution < 1.29 is 4.79 Å². The van der Waals surface area contributed by atoms with E-state index in [0.29, 0.717) is 18.9 Å². The third kappa shape index (κ3) is 5.29. The van der Waals surface area contributed by atoms with Crippen LogP contribution in [0.4, 0.5) is 5.69 Å². The molecule has 1 amide bonds. The molecule has 3 N–H and O–H groups in total. The van der Waals surface area contributed by atoms with Gasteiger partial charge in [-0.05, 0) is 29.5 Å². The second-order valence-corrected chi connectivity index (χ2v) is 7.33. The molecule has 2 atom stereocenters. The highest BCUT2D eigenvalue weighted by atomic mass is 127. The van der Waals surface area contributed by atoms with Crippen molar-refractivity contribution in [3.63, 3.8) is 0 Å². The van der Waals surface area contributed by atoms with Gasteiger partial charge in [0, 0.05) is 31.6 Å². The van der Waals surface area contributed by atoms with E-state index in [-0.39, 0.29) is 41.8 Å². The molecule has 0 aromatic heterocycles. The Bertz CT molecular complexity index is 831. The number of halogens is 1. The lowest BCUT2D eigenvalue weighted by Crippen LogP contribution is -2.27. The summed E-state index contributed by atoms with van der Waals surface area (Å²) in [6.45, 7) is 4.79. The Balaban J connectivity index is 0.00000300. The first-order valence-corrected chi connectivity index (χ1v) is 10.0. The van der Waals surface area contributed by atoms with Gasteiger partial charge in [-0.25, -0.2) is 0 Å². The topological polar surface area (TPSA) is 70.7 Å². The molecule has 3 rings (SSSR count). The predicted molar refractivity (Wildman–Crippen MR) is 131 cm³/mol. The van der Waals surface area contributed by atoms with Crippen molar-refractivity contribution in [1.29, 1.82) is 0 Å². The summed E-state index contributed by atoms with van der Waals surface area (Å²) in [5.41, 5.74) is 10.9. The fourth-order valence-corrected chi connectivity index (χ4v) is 4.05. The number of rotatable bonds is 6. The number of likely N-dealkylation sites (tertiary alicyclic amines) is 1. The van der Waals surface area contributed by atoms with Crippen molar-refractivity contribution in [1.82, 2.24) is 4.90 Å². The van der Waals surface area contributed by atoms with Gasteiger partial charge in [-0.2, -0.15) is 0 Å². The number of amides is 1. The van der Waals surface area contributed by atoms with Gasteiger partial charge in [0.05, 0.1) is 6.04 Å². The third-order valence-electron chi connectivity index (χ3n) is 5.58. The fraction of sp³-hybridized carbons (Fsp3) is 0.391. The van der Waals surface area contributed by atoms with Crippen LogP contribution in [0.5, 0.6) is 0 Å². The van der Waals surface area contributed by atoms with E-state index in [4.69, 9.17) is 5.73 Å². The highest BCUT2D eigenvalue weighted by molar-refractivity contribution is 14.0. The van der Waals surface area contributed by atoms with Crippen LogP contribution < -0.4 is 11.1 Å². The number of nitrogens with zero attached hydrogens (tertiary/aromatic N) is 2. The number of nitrogens with one attached hydrogen (secondary N) is 1. The molecule has 1 saturated heterocycles. The number of anilines is 1. The van der Waals surface area contributed by atoms with Gasteiger partial charge in [-0.1, -0.05) is 62.4 Å². The molecular weight excluding hydrogens is 475 g/mol. The molecule has 1 heterocycles. The van der Waals surface area contributed by atoms with Gasteiger partial charge >= 0.3 is 0 Å². The Morgan fingerprint density at radius 2 is 1.72 bits per heavy atom. The van der Waals surface area contributed by atoms with Crippen molar-refractivity contribution in [2.75, 3.05) is 18.9 Å². The summed E-state index contributed by atoms with van der Waals surface area (Å²) >= 11 is 0. The third-order valence-corrected chi connectivity index (χ3v) is 5.58. The van der Waals surface area contributed by atoms with Crippen LogP contribution in [0.1, 0.15) is 43.0 Å². The average Bonchev–Trinajstić information content (AvgIpc) is 3.01. The maximum atomic E-state index is 12.3. The molecule has 2 aromatic rings. The molecule has 29 heavy (non-hydrogen) atoms. The molecular formula is C23H31IN4O. The van der Waals surface area contributed by atoms with E-state index in [9.17, 15) is 4.79 Å². The largest absolute Gasteiger partial charge is 0.370 e. The number of aliphatic imine (C=N–C) groups is 1. The lowest BCUT2D eigenvalue weighted by molar-refractivity contribution is -0.127. The van der Waals surface area contributed by atoms with Crippen LogP contribution in [-0.4, -0.2) is 30.4 Å². The first kappa shape index (κ1) is 23.2. The van der Waals surface area contributed by atoms with E-state index >= 15 is 0 Å². The van der Waals surface area contributed by atoms with Gasteiger partial charge in [0.2, 0.25) is 5.91 Å². The minimum atomic E-state index is 0. The van der Waals surface area contributed by atoms with E-state index in [1.54, 1.807) is 0 Å². The van der Waals surface area contributed by atoms with Gasteiger partial charge in [0.15, 0.2) is 5.96 Å². The van der Waals surface area contributed by atoms with Crippen molar-refractivity contribution in [2.45, 2.75) is 39.2 Å². The molecule has 2 aromatic carbocycles. The summed E-state index contributed by atoms with van der Waals surface area (Å²) in [4.78, 5) is 18.7. The average molecular weight is 506 g/mol. The van der Waals surface area contributed by atoms with Crippen molar-refractivity contribution in [3.8, 4) is 0 Å². The standard InChI is InChI=1S/C23H30N4O.HI/c1-4-16-12-9-13-17(5-2)21(16)26-23(24)25-15-19-14-20(28)27(3)22(19)18-10-7-6-8-11-18;/h6-13,19,22H,4-5,14-15H2,1-3H3,(H3,24,25,26);1H. The van der Waals surface area contributed by atoms with Crippen LogP contribution >= 0.6 is 24.0 Å². The Hall–Kier alpha value is -2.09. The normalized spacial score (nSPS) is 19.2. The van der Waals surface area contributed by atoms with Gasteiger partial charge in [0.1, 0.15) is 0 Å². The number of carbonyl (C=O) groups is 1. The van der Waals surface area contributed by atoms with E-state index in [2.05, 4.69) is 54.5 Å². The van der Waals surface area contributed by atoms with Gasteiger partial charge < -0.3 is 16.0 Å². The van der Waals surface area contributed by atoms with Crippen LogP contribution in [0.2, 0.25) is 0 Å². The molecule has 1 aliphatic heterocycles. The molecule has 0 radical (unpaired) electrons. The van der Waals surface area contributed by atoms with Gasteiger partial charge in [-0.3, -0.25) is 9.79 Å². The number of guanidine groups is 1. The molecule has 1 fully saturated rings. The Kier molecular flexibility index (Phi) is 8.49. The fourth-order valence-electron chi connectivity index (χ4n) is 4.05. The van der Waals surface area contributed by atoms with E-state index in [0.717, 1.165) is 24.1 Å². The summed E-state index contributed by atoms with van der Waals surface area (Å²) in [6, 6.07) is 16.5. The monoisotopic (exact) mass is 506 g/mol.